The van der Waals surface area contributed by atoms with Gasteiger partial charge >= 0.3 is 0 Å². The van der Waals surface area contributed by atoms with Crippen LogP contribution in [0, 0.1) is 11.3 Å². The third kappa shape index (κ3) is 5.87. The van der Waals surface area contributed by atoms with Gasteiger partial charge in [0.15, 0.2) is 0 Å². The normalized spacial score (nSPS) is 28.1. The fraction of sp³-hybridized carbons (Fsp3) is 1.00. The lowest BCUT2D eigenvalue weighted by Gasteiger charge is -2.33. The van der Waals surface area contributed by atoms with Crippen LogP contribution in [0.4, 0.5) is 0 Å². The van der Waals surface area contributed by atoms with Gasteiger partial charge in [-0.05, 0) is 50.4 Å². The van der Waals surface area contributed by atoms with Crippen molar-refractivity contribution in [1.29, 1.82) is 0 Å². The zero-order valence-corrected chi connectivity index (χ0v) is 12.1. The topological polar surface area (TPSA) is 32.3 Å². The van der Waals surface area contributed by atoms with Gasteiger partial charge < -0.3 is 10.4 Å². The molecule has 17 heavy (non-hydrogen) atoms. The average molecular weight is 241 g/mol. The fourth-order valence-electron chi connectivity index (χ4n) is 3.07. The molecule has 1 saturated carbocycles. The molecule has 0 aromatic heterocycles. The minimum absolute atomic E-state index is 0.192. The molecule has 1 unspecified atom stereocenters. The van der Waals surface area contributed by atoms with E-state index in [1.54, 1.807) is 0 Å². The van der Waals surface area contributed by atoms with E-state index in [1.807, 2.05) is 6.92 Å². The highest BCUT2D eigenvalue weighted by molar-refractivity contribution is 4.80. The van der Waals surface area contributed by atoms with Crippen molar-refractivity contribution in [2.24, 2.45) is 11.3 Å². The first kappa shape index (κ1) is 15.0. The molecule has 0 saturated heterocycles. The Morgan fingerprint density at radius 1 is 1.24 bits per heavy atom. The van der Waals surface area contributed by atoms with E-state index in [4.69, 9.17) is 0 Å². The second kappa shape index (κ2) is 6.75. The zero-order valence-electron chi connectivity index (χ0n) is 12.1. The molecule has 102 valence electrons. The maximum atomic E-state index is 9.46. The van der Waals surface area contributed by atoms with Gasteiger partial charge in [-0.1, -0.05) is 27.2 Å². The average Bonchev–Trinajstić information content (AvgIpc) is 2.25. The van der Waals surface area contributed by atoms with Crippen LogP contribution in [-0.2, 0) is 0 Å². The van der Waals surface area contributed by atoms with Gasteiger partial charge in [0.2, 0.25) is 0 Å². The first-order valence-electron chi connectivity index (χ1n) is 7.34. The van der Waals surface area contributed by atoms with Gasteiger partial charge in [-0.15, -0.1) is 0 Å². The largest absolute Gasteiger partial charge is 0.393 e. The lowest BCUT2D eigenvalue weighted by Crippen LogP contribution is -2.40. The van der Waals surface area contributed by atoms with Crippen molar-refractivity contribution in [2.45, 2.75) is 78.4 Å². The van der Waals surface area contributed by atoms with Crippen LogP contribution in [0.25, 0.3) is 0 Å². The van der Waals surface area contributed by atoms with Gasteiger partial charge in [-0.3, -0.25) is 0 Å². The molecule has 2 nitrogen and oxygen atoms in total. The summed E-state index contributed by atoms with van der Waals surface area (Å²) in [6.45, 7) is 9.70. The quantitative estimate of drug-likeness (QED) is 0.747. The second-order valence-corrected chi connectivity index (χ2v) is 6.72. The Labute approximate surface area is 107 Å². The van der Waals surface area contributed by atoms with Gasteiger partial charge in [0.1, 0.15) is 0 Å². The molecule has 1 fully saturated rings. The first-order valence-corrected chi connectivity index (χ1v) is 7.34. The number of aliphatic hydroxyl groups excluding tert-OH is 1. The Morgan fingerprint density at radius 3 is 2.29 bits per heavy atom. The van der Waals surface area contributed by atoms with Crippen molar-refractivity contribution in [3.8, 4) is 0 Å². The van der Waals surface area contributed by atoms with Crippen LogP contribution in [0.3, 0.4) is 0 Å². The predicted molar refractivity (Wildman–Crippen MR) is 74.1 cm³/mol. The van der Waals surface area contributed by atoms with Crippen LogP contribution < -0.4 is 5.32 Å². The highest BCUT2D eigenvalue weighted by atomic mass is 16.3. The van der Waals surface area contributed by atoms with Crippen molar-refractivity contribution < 1.29 is 5.11 Å². The molecular formula is C15H31NO. The number of hydrogen-bond donors (Lipinski definition) is 2. The van der Waals surface area contributed by atoms with E-state index in [0.29, 0.717) is 6.04 Å². The molecule has 1 aliphatic rings. The van der Waals surface area contributed by atoms with E-state index >= 15 is 0 Å². The van der Waals surface area contributed by atoms with Gasteiger partial charge in [-0.2, -0.15) is 0 Å². The standard InChI is InChI=1S/C15H31NO/c1-5-13-6-8-14(9-7-13)16-11-15(3,4)10-12(2)17/h12-14,16-17H,5-11H2,1-4H3. The maximum absolute atomic E-state index is 9.46. The van der Waals surface area contributed by atoms with Crippen molar-refractivity contribution in [2.75, 3.05) is 6.54 Å². The Hall–Kier alpha value is -0.0800. The third-order valence-corrected chi connectivity index (χ3v) is 4.14. The minimum atomic E-state index is -0.192. The Balaban J connectivity index is 2.22. The number of hydrogen-bond acceptors (Lipinski definition) is 2. The molecule has 0 aliphatic heterocycles. The van der Waals surface area contributed by atoms with Gasteiger partial charge in [-0.25, -0.2) is 0 Å². The molecule has 0 radical (unpaired) electrons. The molecule has 0 aromatic rings. The molecule has 1 atom stereocenters. The molecule has 0 heterocycles. The molecular weight excluding hydrogens is 210 g/mol. The van der Waals surface area contributed by atoms with Crippen LogP contribution in [0.1, 0.15) is 66.2 Å². The first-order chi connectivity index (χ1) is 7.93. The summed E-state index contributed by atoms with van der Waals surface area (Å²) in [6.07, 6.45) is 7.50. The van der Waals surface area contributed by atoms with E-state index in [-0.39, 0.29) is 11.5 Å². The number of rotatable bonds is 6. The SMILES string of the molecule is CCC1CCC(NCC(C)(C)CC(C)O)CC1. The molecule has 0 spiro atoms. The summed E-state index contributed by atoms with van der Waals surface area (Å²) >= 11 is 0. The third-order valence-electron chi connectivity index (χ3n) is 4.14. The minimum Gasteiger partial charge on any atom is -0.393 e. The summed E-state index contributed by atoms with van der Waals surface area (Å²) in [5.74, 6) is 0.971. The highest BCUT2D eigenvalue weighted by Gasteiger charge is 2.24. The van der Waals surface area contributed by atoms with Crippen molar-refractivity contribution in [3.05, 3.63) is 0 Å². The molecule has 2 heteroatoms. The highest BCUT2D eigenvalue weighted by Crippen LogP contribution is 2.28. The summed E-state index contributed by atoms with van der Waals surface area (Å²) in [5, 5.41) is 13.2. The summed E-state index contributed by atoms with van der Waals surface area (Å²) in [4.78, 5) is 0. The van der Waals surface area contributed by atoms with Crippen LogP contribution in [0.2, 0.25) is 0 Å². The summed E-state index contributed by atoms with van der Waals surface area (Å²) in [5.41, 5.74) is 0.204. The molecule has 1 rings (SSSR count). The number of nitrogens with one attached hydrogen (secondary N) is 1. The smallest absolute Gasteiger partial charge is 0.0517 e. The predicted octanol–water partition coefficient (Wildman–Crippen LogP) is 3.34. The van der Waals surface area contributed by atoms with E-state index in [9.17, 15) is 5.11 Å². The van der Waals surface area contributed by atoms with Crippen LogP contribution in [0.15, 0.2) is 0 Å². The summed E-state index contributed by atoms with van der Waals surface area (Å²) in [7, 11) is 0. The van der Waals surface area contributed by atoms with Gasteiger partial charge in [0.25, 0.3) is 0 Å². The fourth-order valence-corrected chi connectivity index (χ4v) is 3.07. The van der Waals surface area contributed by atoms with E-state index in [0.717, 1.165) is 18.9 Å². The second-order valence-electron chi connectivity index (χ2n) is 6.72. The monoisotopic (exact) mass is 241 g/mol. The van der Waals surface area contributed by atoms with E-state index in [1.165, 1.54) is 32.1 Å². The summed E-state index contributed by atoms with van der Waals surface area (Å²) < 4.78 is 0. The lowest BCUT2D eigenvalue weighted by molar-refractivity contribution is 0.124. The Bertz CT molecular complexity index is 205. The Morgan fingerprint density at radius 2 is 1.82 bits per heavy atom. The van der Waals surface area contributed by atoms with Gasteiger partial charge in [0, 0.05) is 12.6 Å². The molecule has 2 N–H and O–H groups in total. The number of aliphatic hydroxyl groups is 1. The molecule has 0 amide bonds. The van der Waals surface area contributed by atoms with Crippen molar-refractivity contribution >= 4 is 0 Å². The van der Waals surface area contributed by atoms with Crippen LogP contribution in [0.5, 0.6) is 0 Å². The van der Waals surface area contributed by atoms with Gasteiger partial charge in [0.05, 0.1) is 6.10 Å². The van der Waals surface area contributed by atoms with Crippen LogP contribution in [-0.4, -0.2) is 23.8 Å². The maximum Gasteiger partial charge on any atom is 0.0517 e. The lowest BCUT2D eigenvalue weighted by atomic mass is 9.83. The Kier molecular flexibility index (Phi) is 5.94. The van der Waals surface area contributed by atoms with Crippen LogP contribution >= 0.6 is 0 Å². The molecule has 0 aromatic carbocycles. The zero-order chi connectivity index (χ0) is 12.9. The van der Waals surface area contributed by atoms with E-state index < -0.39 is 0 Å². The molecule has 0 bridgehead atoms. The van der Waals surface area contributed by atoms with E-state index in [2.05, 4.69) is 26.1 Å². The van der Waals surface area contributed by atoms with Crippen molar-refractivity contribution in [3.63, 3.8) is 0 Å². The van der Waals surface area contributed by atoms with Crippen molar-refractivity contribution in [1.82, 2.24) is 5.32 Å². The summed E-state index contributed by atoms with van der Waals surface area (Å²) in [6, 6.07) is 0.714. The molecule has 1 aliphatic carbocycles.